The van der Waals surface area contributed by atoms with E-state index in [0.717, 1.165) is 42.6 Å². The fourth-order valence-corrected chi connectivity index (χ4v) is 2.42. The summed E-state index contributed by atoms with van der Waals surface area (Å²) in [5, 5.41) is 3.51. The van der Waals surface area contributed by atoms with Crippen LogP contribution < -0.4 is 5.32 Å². The summed E-state index contributed by atoms with van der Waals surface area (Å²) in [6.07, 6.45) is 6.52. The van der Waals surface area contributed by atoms with Crippen molar-refractivity contribution in [2.75, 3.05) is 6.54 Å². The van der Waals surface area contributed by atoms with Gasteiger partial charge in [0.25, 0.3) is 0 Å². The van der Waals surface area contributed by atoms with Gasteiger partial charge in [-0.25, -0.2) is 4.98 Å². The number of aryl methyl sites for hydroxylation is 1. The average Bonchev–Trinajstić information content (AvgIpc) is 3.20. The zero-order valence-electron chi connectivity index (χ0n) is 12.9. The van der Waals surface area contributed by atoms with Crippen LogP contribution in [-0.2, 0) is 6.42 Å². The van der Waals surface area contributed by atoms with Crippen molar-refractivity contribution >= 4 is 0 Å². The van der Waals surface area contributed by atoms with Gasteiger partial charge in [-0.05, 0) is 37.3 Å². The molecule has 2 aromatic rings. The molecular weight excluding hydrogens is 260 g/mol. The number of nitrogens with zero attached hydrogens (tertiary/aromatic N) is 1. The molecule has 0 radical (unpaired) electrons. The average molecular weight is 284 g/mol. The number of nitrogens with one attached hydrogen (secondary N) is 1. The fourth-order valence-electron chi connectivity index (χ4n) is 2.42. The quantitative estimate of drug-likeness (QED) is 0.776. The predicted molar refractivity (Wildman–Crippen MR) is 85.4 cm³/mol. The standard InChI is InChI=1S/C18H24N2O/c1-13(2)14-5-7-15(8-6-14)17-12-20-18(21-17)4-3-11-19-16-9-10-16/h5-8,12-13,16,19H,3-4,9-11H2,1-2H3. The third kappa shape index (κ3) is 3.94. The molecule has 1 aromatic heterocycles. The summed E-state index contributed by atoms with van der Waals surface area (Å²) < 4.78 is 5.85. The summed E-state index contributed by atoms with van der Waals surface area (Å²) >= 11 is 0. The highest BCUT2D eigenvalue weighted by Gasteiger charge is 2.19. The lowest BCUT2D eigenvalue weighted by Crippen LogP contribution is -2.17. The molecule has 112 valence electrons. The van der Waals surface area contributed by atoms with Crippen LogP contribution in [0.3, 0.4) is 0 Å². The van der Waals surface area contributed by atoms with E-state index < -0.39 is 0 Å². The van der Waals surface area contributed by atoms with E-state index >= 15 is 0 Å². The predicted octanol–water partition coefficient (Wildman–Crippen LogP) is 4.15. The van der Waals surface area contributed by atoms with E-state index in [4.69, 9.17) is 4.42 Å². The van der Waals surface area contributed by atoms with E-state index in [9.17, 15) is 0 Å². The normalized spacial score (nSPS) is 14.8. The van der Waals surface area contributed by atoms with Crippen molar-refractivity contribution < 1.29 is 4.42 Å². The van der Waals surface area contributed by atoms with Gasteiger partial charge in [0.1, 0.15) is 0 Å². The molecule has 1 aliphatic carbocycles. The Bertz CT molecular complexity index is 567. The summed E-state index contributed by atoms with van der Waals surface area (Å²) in [6, 6.07) is 9.36. The monoisotopic (exact) mass is 284 g/mol. The van der Waals surface area contributed by atoms with Crippen molar-refractivity contribution in [3.63, 3.8) is 0 Å². The first-order valence-electron chi connectivity index (χ1n) is 8.01. The van der Waals surface area contributed by atoms with Crippen molar-refractivity contribution in [1.82, 2.24) is 10.3 Å². The van der Waals surface area contributed by atoms with E-state index in [1.807, 2.05) is 6.20 Å². The minimum Gasteiger partial charge on any atom is -0.441 e. The Morgan fingerprint density at radius 3 is 2.67 bits per heavy atom. The lowest BCUT2D eigenvalue weighted by atomic mass is 10.0. The van der Waals surface area contributed by atoms with Crippen molar-refractivity contribution in [3.8, 4) is 11.3 Å². The van der Waals surface area contributed by atoms with Gasteiger partial charge in [-0.2, -0.15) is 0 Å². The van der Waals surface area contributed by atoms with Crippen LogP contribution in [0.15, 0.2) is 34.9 Å². The van der Waals surface area contributed by atoms with Crippen molar-refractivity contribution in [2.24, 2.45) is 0 Å². The lowest BCUT2D eigenvalue weighted by molar-refractivity contribution is 0.491. The van der Waals surface area contributed by atoms with Gasteiger partial charge in [0.15, 0.2) is 11.7 Å². The summed E-state index contributed by atoms with van der Waals surface area (Å²) in [7, 11) is 0. The second-order valence-electron chi connectivity index (χ2n) is 6.23. The van der Waals surface area contributed by atoms with E-state index in [-0.39, 0.29) is 0 Å². The molecule has 1 fully saturated rings. The highest BCUT2D eigenvalue weighted by molar-refractivity contribution is 5.56. The van der Waals surface area contributed by atoms with Gasteiger partial charge in [-0.15, -0.1) is 0 Å². The van der Waals surface area contributed by atoms with E-state index in [2.05, 4.69) is 48.4 Å². The second-order valence-corrected chi connectivity index (χ2v) is 6.23. The Kier molecular flexibility index (Phi) is 4.39. The second kappa shape index (κ2) is 6.44. The van der Waals surface area contributed by atoms with Crippen LogP contribution in [0.4, 0.5) is 0 Å². The number of rotatable bonds is 7. The molecule has 1 aromatic carbocycles. The van der Waals surface area contributed by atoms with Crippen LogP contribution in [0, 0.1) is 0 Å². The van der Waals surface area contributed by atoms with Crippen LogP contribution in [0.2, 0.25) is 0 Å². The third-order valence-electron chi connectivity index (χ3n) is 3.99. The number of hydrogen-bond acceptors (Lipinski definition) is 3. The molecule has 0 saturated heterocycles. The lowest BCUT2D eigenvalue weighted by Gasteiger charge is -2.05. The first-order valence-corrected chi connectivity index (χ1v) is 8.01. The van der Waals surface area contributed by atoms with Crippen LogP contribution in [-0.4, -0.2) is 17.6 Å². The first kappa shape index (κ1) is 14.3. The summed E-state index contributed by atoms with van der Waals surface area (Å²) in [6.45, 7) is 5.47. The number of aromatic nitrogens is 1. The molecule has 0 atom stereocenters. The molecule has 1 aliphatic rings. The fraction of sp³-hybridized carbons (Fsp3) is 0.500. The summed E-state index contributed by atoms with van der Waals surface area (Å²) in [5.74, 6) is 2.27. The number of hydrogen-bond donors (Lipinski definition) is 1. The maximum Gasteiger partial charge on any atom is 0.194 e. The van der Waals surface area contributed by atoms with Gasteiger partial charge in [0, 0.05) is 18.0 Å². The molecule has 0 unspecified atom stereocenters. The van der Waals surface area contributed by atoms with Gasteiger partial charge >= 0.3 is 0 Å². The molecule has 1 saturated carbocycles. The van der Waals surface area contributed by atoms with Crippen LogP contribution in [0.25, 0.3) is 11.3 Å². The Morgan fingerprint density at radius 1 is 1.24 bits per heavy atom. The zero-order valence-corrected chi connectivity index (χ0v) is 12.9. The van der Waals surface area contributed by atoms with Crippen molar-refractivity contribution in [2.45, 2.75) is 51.5 Å². The van der Waals surface area contributed by atoms with Gasteiger partial charge in [-0.1, -0.05) is 38.1 Å². The highest BCUT2D eigenvalue weighted by Crippen LogP contribution is 2.24. The molecule has 3 rings (SSSR count). The molecule has 0 spiro atoms. The third-order valence-corrected chi connectivity index (χ3v) is 3.99. The maximum absolute atomic E-state index is 5.85. The van der Waals surface area contributed by atoms with Crippen LogP contribution in [0.1, 0.15) is 50.5 Å². The highest BCUT2D eigenvalue weighted by atomic mass is 16.4. The molecule has 0 aliphatic heterocycles. The maximum atomic E-state index is 5.85. The van der Waals surface area contributed by atoms with Crippen LogP contribution in [0.5, 0.6) is 0 Å². The Labute approximate surface area is 126 Å². The van der Waals surface area contributed by atoms with E-state index in [0.29, 0.717) is 5.92 Å². The molecule has 0 amide bonds. The molecular formula is C18H24N2O. The molecule has 1 heterocycles. The Hall–Kier alpha value is -1.61. The molecule has 0 bridgehead atoms. The minimum atomic E-state index is 0.559. The van der Waals surface area contributed by atoms with Gasteiger partial charge in [0.2, 0.25) is 0 Å². The zero-order chi connectivity index (χ0) is 14.7. The van der Waals surface area contributed by atoms with Gasteiger partial charge in [-0.3, -0.25) is 0 Å². The summed E-state index contributed by atoms with van der Waals surface area (Å²) in [5.41, 5.74) is 2.46. The number of oxazole rings is 1. The minimum absolute atomic E-state index is 0.559. The van der Waals surface area contributed by atoms with Gasteiger partial charge in [0.05, 0.1) is 6.20 Å². The molecule has 1 N–H and O–H groups in total. The van der Waals surface area contributed by atoms with Crippen molar-refractivity contribution in [3.05, 3.63) is 41.9 Å². The molecule has 21 heavy (non-hydrogen) atoms. The van der Waals surface area contributed by atoms with Gasteiger partial charge < -0.3 is 9.73 Å². The Balaban J connectivity index is 1.55. The SMILES string of the molecule is CC(C)c1ccc(-c2cnc(CCCNC3CC3)o2)cc1. The van der Waals surface area contributed by atoms with Crippen molar-refractivity contribution in [1.29, 1.82) is 0 Å². The van der Waals surface area contributed by atoms with E-state index in [1.54, 1.807) is 0 Å². The smallest absolute Gasteiger partial charge is 0.194 e. The molecule has 3 heteroatoms. The topological polar surface area (TPSA) is 38.1 Å². The number of benzene rings is 1. The first-order chi connectivity index (χ1) is 10.2. The largest absolute Gasteiger partial charge is 0.441 e. The Morgan fingerprint density at radius 2 is 2.00 bits per heavy atom. The van der Waals surface area contributed by atoms with Crippen LogP contribution >= 0.6 is 0 Å². The molecule has 3 nitrogen and oxygen atoms in total. The van der Waals surface area contributed by atoms with E-state index in [1.165, 1.54) is 18.4 Å². The summed E-state index contributed by atoms with van der Waals surface area (Å²) in [4.78, 5) is 4.39.